The Morgan fingerprint density at radius 1 is 1.08 bits per heavy atom. The summed E-state index contributed by atoms with van der Waals surface area (Å²) >= 11 is 2.25. The largest absolute Gasteiger partial charge is 0.385 e. The quantitative estimate of drug-likeness (QED) is 0.562. The van der Waals surface area contributed by atoms with Crippen molar-refractivity contribution in [3.8, 4) is 0 Å². The van der Waals surface area contributed by atoms with Gasteiger partial charge >= 0.3 is 0 Å². The zero-order chi connectivity index (χ0) is 17.2. The Hall–Kier alpha value is 0.100. The summed E-state index contributed by atoms with van der Waals surface area (Å²) in [6.07, 6.45) is 11.8. The zero-order valence-electron chi connectivity index (χ0n) is 15.1. The van der Waals surface area contributed by atoms with Crippen molar-refractivity contribution in [2.45, 2.75) is 77.2 Å². The minimum Gasteiger partial charge on any atom is -0.385 e. The van der Waals surface area contributed by atoms with Crippen molar-refractivity contribution in [2.75, 3.05) is 0 Å². The molecule has 4 saturated carbocycles. The smallest absolute Gasteiger partial charge is 0.133 e. The van der Waals surface area contributed by atoms with Gasteiger partial charge in [0.25, 0.3) is 0 Å². The van der Waals surface area contributed by atoms with Gasteiger partial charge < -0.3 is 5.11 Å². The van der Waals surface area contributed by atoms with Crippen molar-refractivity contribution in [3.63, 3.8) is 0 Å². The van der Waals surface area contributed by atoms with Gasteiger partial charge in [-0.05, 0) is 84.2 Å². The molecule has 4 aliphatic rings. The van der Waals surface area contributed by atoms with E-state index in [0.717, 1.165) is 43.9 Å². The summed E-state index contributed by atoms with van der Waals surface area (Å²) in [6, 6.07) is 0. The summed E-state index contributed by atoms with van der Waals surface area (Å²) in [4.78, 5) is 12.0. The van der Waals surface area contributed by atoms with Crippen LogP contribution in [0.25, 0.3) is 0 Å². The maximum absolute atomic E-state index is 12.0. The lowest BCUT2D eigenvalue weighted by Crippen LogP contribution is -2.56. The van der Waals surface area contributed by atoms with Crippen LogP contribution < -0.4 is 0 Å². The number of halogens is 1. The van der Waals surface area contributed by atoms with Gasteiger partial charge in [0.05, 0.1) is 5.60 Å². The summed E-state index contributed by atoms with van der Waals surface area (Å²) in [5.74, 6) is 3.31. The van der Waals surface area contributed by atoms with E-state index in [4.69, 9.17) is 0 Å². The number of fused-ring (bicyclic) bond motifs is 5. The summed E-state index contributed by atoms with van der Waals surface area (Å²) in [7, 11) is 0. The lowest BCUT2D eigenvalue weighted by atomic mass is 9.44. The topological polar surface area (TPSA) is 37.3 Å². The van der Waals surface area contributed by atoms with Crippen molar-refractivity contribution >= 4 is 28.4 Å². The van der Waals surface area contributed by atoms with Crippen LogP contribution in [0.5, 0.6) is 0 Å². The van der Waals surface area contributed by atoms with Crippen molar-refractivity contribution < 1.29 is 9.90 Å². The fourth-order valence-electron chi connectivity index (χ4n) is 7.47. The Morgan fingerprint density at radius 2 is 1.83 bits per heavy atom. The van der Waals surface area contributed by atoms with E-state index >= 15 is 0 Å². The third-order valence-electron chi connectivity index (χ3n) is 9.04. The molecular weight excluding hydrogens is 411 g/mol. The van der Waals surface area contributed by atoms with Crippen molar-refractivity contribution in [2.24, 2.45) is 34.5 Å². The van der Waals surface area contributed by atoms with E-state index in [1.165, 1.54) is 25.7 Å². The molecule has 1 N–H and O–H groups in total. The second-order valence-electron chi connectivity index (χ2n) is 9.61. The highest BCUT2D eigenvalue weighted by molar-refractivity contribution is 14.1. The highest BCUT2D eigenvalue weighted by Gasteiger charge is 2.63. The van der Waals surface area contributed by atoms with Crippen LogP contribution in [0, 0.1) is 34.5 Å². The lowest BCUT2D eigenvalue weighted by molar-refractivity contribution is -0.148. The minimum absolute atomic E-state index is 0.0452. The van der Waals surface area contributed by atoms with Crippen LogP contribution in [0.2, 0.25) is 0 Å². The van der Waals surface area contributed by atoms with Crippen LogP contribution in [0.1, 0.15) is 71.6 Å². The molecule has 3 heteroatoms. The van der Waals surface area contributed by atoms with Gasteiger partial charge in [-0.25, -0.2) is 0 Å². The van der Waals surface area contributed by atoms with Crippen LogP contribution in [0.3, 0.4) is 0 Å². The molecule has 0 aromatic rings. The van der Waals surface area contributed by atoms with E-state index in [1.54, 1.807) is 0 Å². The Labute approximate surface area is 160 Å². The molecule has 0 spiro atoms. The van der Waals surface area contributed by atoms with E-state index in [1.807, 2.05) is 4.08 Å². The van der Waals surface area contributed by atoms with Gasteiger partial charge in [-0.1, -0.05) is 36.4 Å². The van der Waals surface area contributed by atoms with Crippen molar-refractivity contribution in [1.29, 1.82) is 0 Å². The third kappa shape index (κ3) is 2.25. The fourth-order valence-corrected chi connectivity index (χ4v) is 8.07. The van der Waals surface area contributed by atoms with E-state index in [0.29, 0.717) is 23.0 Å². The highest BCUT2D eigenvalue weighted by Crippen LogP contribution is 2.68. The van der Waals surface area contributed by atoms with E-state index in [2.05, 4.69) is 42.5 Å². The molecule has 0 aliphatic heterocycles. The van der Waals surface area contributed by atoms with Gasteiger partial charge in [0.15, 0.2) is 0 Å². The molecule has 2 unspecified atom stereocenters. The molecule has 0 bridgehead atoms. The second kappa shape index (κ2) is 5.80. The maximum atomic E-state index is 12.0. The monoisotopic (exact) mass is 442 g/mol. The molecular formula is C21H31IO2. The number of hydrogen-bond donors (Lipinski definition) is 1. The first-order valence-electron chi connectivity index (χ1n) is 9.86. The number of Topliss-reactive ketones (excluding diaryl/α,β-unsaturated/α-hetero) is 1. The first kappa shape index (κ1) is 17.5. The average molecular weight is 442 g/mol. The number of ketones is 1. The van der Waals surface area contributed by atoms with Gasteiger partial charge in [-0.3, -0.25) is 4.79 Å². The predicted molar refractivity (Wildman–Crippen MR) is 105 cm³/mol. The minimum atomic E-state index is -0.607. The lowest BCUT2D eigenvalue weighted by Gasteiger charge is -2.60. The molecule has 0 aromatic carbocycles. The molecule has 2 nitrogen and oxygen atoms in total. The SMILES string of the molecule is C[C@]12CCC(=O)CC1CC[C@@H]1[C@H]2CC[C@@]2(C)[C@H]1CCC2(O)/C=C\I. The van der Waals surface area contributed by atoms with E-state index in [-0.39, 0.29) is 5.41 Å². The van der Waals surface area contributed by atoms with Crippen molar-refractivity contribution in [3.05, 3.63) is 10.2 Å². The number of carbonyl (C=O) groups excluding carboxylic acids is 1. The van der Waals surface area contributed by atoms with Gasteiger partial charge in [0, 0.05) is 18.3 Å². The summed E-state index contributed by atoms with van der Waals surface area (Å²) in [5.41, 5.74) is -0.189. The highest BCUT2D eigenvalue weighted by atomic mass is 127. The molecule has 4 fully saturated rings. The van der Waals surface area contributed by atoms with E-state index < -0.39 is 5.60 Å². The second-order valence-corrected chi connectivity index (χ2v) is 10.3. The number of carbonyl (C=O) groups is 1. The van der Waals surface area contributed by atoms with Crippen molar-refractivity contribution in [1.82, 2.24) is 0 Å². The van der Waals surface area contributed by atoms with Crippen LogP contribution in [0.15, 0.2) is 10.2 Å². The first-order valence-corrected chi connectivity index (χ1v) is 11.1. The first-order chi connectivity index (χ1) is 11.3. The van der Waals surface area contributed by atoms with Crippen LogP contribution in [0.4, 0.5) is 0 Å². The Kier molecular flexibility index (Phi) is 4.23. The molecule has 4 rings (SSSR count). The third-order valence-corrected chi connectivity index (χ3v) is 9.40. The fraction of sp³-hybridized carbons (Fsp3) is 0.857. The maximum Gasteiger partial charge on any atom is 0.133 e. The summed E-state index contributed by atoms with van der Waals surface area (Å²) in [6.45, 7) is 4.85. The Balaban J connectivity index is 1.64. The van der Waals surface area contributed by atoms with Crippen LogP contribution in [-0.2, 0) is 4.79 Å². The van der Waals surface area contributed by atoms with Crippen LogP contribution in [-0.4, -0.2) is 16.5 Å². The van der Waals surface area contributed by atoms with Gasteiger partial charge in [-0.15, -0.1) is 0 Å². The number of aliphatic hydroxyl groups is 1. The van der Waals surface area contributed by atoms with Gasteiger partial charge in [0.1, 0.15) is 5.78 Å². The standard InChI is InChI=1S/C21H31IO2/c1-19-8-5-15(23)13-14(19)3-4-16-17(19)6-9-20(2)18(16)7-10-21(20,24)11-12-22/h11-12,14,16-18,24H,3-10,13H2,1-2H3/b12-11-/t14?,16-,17-,18+,19+,20+,21?/m1/s1. The Bertz CT molecular complexity index is 572. The molecule has 4 aliphatic carbocycles. The molecule has 7 atom stereocenters. The molecule has 24 heavy (non-hydrogen) atoms. The predicted octanol–water partition coefficient (Wildman–Crippen LogP) is 5.28. The zero-order valence-corrected chi connectivity index (χ0v) is 17.2. The molecule has 0 saturated heterocycles. The summed E-state index contributed by atoms with van der Waals surface area (Å²) < 4.78 is 2.02. The van der Waals surface area contributed by atoms with Gasteiger partial charge in [-0.2, -0.15) is 0 Å². The number of hydrogen-bond acceptors (Lipinski definition) is 2. The number of rotatable bonds is 1. The molecule has 0 aromatic heterocycles. The normalized spacial score (nSPS) is 54.4. The average Bonchev–Trinajstić information content (AvgIpc) is 2.80. The summed E-state index contributed by atoms with van der Waals surface area (Å²) in [5, 5.41) is 11.3. The molecule has 134 valence electrons. The van der Waals surface area contributed by atoms with Gasteiger partial charge in [0.2, 0.25) is 0 Å². The van der Waals surface area contributed by atoms with E-state index in [9.17, 15) is 9.90 Å². The molecule has 0 radical (unpaired) electrons. The molecule has 0 amide bonds. The molecule has 0 heterocycles. The van der Waals surface area contributed by atoms with Crippen LogP contribution >= 0.6 is 22.6 Å². The Morgan fingerprint density at radius 3 is 2.58 bits per heavy atom.